The molecule has 0 radical (unpaired) electrons. The second-order valence-electron chi connectivity index (χ2n) is 10.9. The van der Waals surface area contributed by atoms with Crippen molar-refractivity contribution in [3.05, 3.63) is 119 Å². The maximum Gasteiger partial charge on any atom is 0.342 e. The summed E-state index contributed by atoms with van der Waals surface area (Å²) >= 11 is 2.11. The molecule has 0 atom stereocenters. The average molecular weight is 829 g/mol. The van der Waals surface area contributed by atoms with Crippen LogP contribution in [-0.2, 0) is 18.9 Å². The number of esters is 4. The Bertz CT molecular complexity index is 2040. The number of ether oxygens (including phenoxy) is 4. The highest BCUT2D eigenvalue weighted by molar-refractivity contribution is 7.20. The maximum atomic E-state index is 12.6. The van der Waals surface area contributed by atoms with E-state index in [0.29, 0.717) is 23.0 Å². The van der Waals surface area contributed by atoms with Gasteiger partial charge in [-0.2, -0.15) is 0 Å². The third-order valence-electron chi connectivity index (χ3n) is 7.07. The number of hydrogen-bond donors (Lipinski definition) is 0. The third-order valence-corrected chi connectivity index (χ3v) is 9.08. The molecule has 58 heavy (non-hydrogen) atoms. The first-order valence-corrected chi connectivity index (χ1v) is 19.2. The average Bonchev–Trinajstić information content (AvgIpc) is 4.07. The molecule has 300 valence electrons. The molecule has 0 aliphatic carbocycles. The van der Waals surface area contributed by atoms with Gasteiger partial charge in [-0.15, -0.1) is 0 Å². The molecule has 6 aromatic rings. The smallest absolute Gasteiger partial charge is 0.342 e. The van der Waals surface area contributed by atoms with Gasteiger partial charge in [0.15, 0.2) is 0 Å². The Labute approximate surface area is 339 Å². The third kappa shape index (κ3) is 11.1. The van der Waals surface area contributed by atoms with Gasteiger partial charge in [0.25, 0.3) is 0 Å². The number of hydrogen-bond acceptors (Lipinski definition) is 18. The summed E-state index contributed by atoms with van der Waals surface area (Å²) in [5.74, 6) is -0.762. The Kier molecular flexibility index (Phi) is 15.6. The summed E-state index contributed by atoms with van der Waals surface area (Å²) in [6, 6.07) is 13.7. The van der Waals surface area contributed by atoms with Crippen molar-refractivity contribution in [2.24, 2.45) is 20.0 Å². The van der Waals surface area contributed by atoms with Crippen LogP contribution in [0.15, 0.2) is 111 Å². The zero-order valence-electron chi connectivity index (χ0n) is 31.6. The van der Waals surface area contributed by atoms with E-state index in [2.05, 4.69) is 20.0 Å². The topological polar surface area (TPSA) is 207 Å². The van der Waals surface area contributed by atoms with Crippen LogP contribution in [0.3, 0.4) is 0 Å². The molecule has 18 heteroatoms. The predicted molar refractivity (Wildman–Crippen MR) is 216 cm³/mol. The van der Waals surface area contributed by atoms with Gasteiger partial charge in [0.1, 0.15) is 65.3 Å². The largest absolute Gasteiger partial charge is 0.463 e. The summed E-state index contributed by atoms with van der Waals surface area (Å²) in [4.78, 5) is 67.7. The van der Waals surface area contributed by atoms with Gasteiger partial charge in [0, 0.05) is 0 Å². The van der Waals surface area contributed by atoms with Crippen molar-refractivity contribution in [1.82, 2.24) is 0 Å². The van der Waals surface area contributed by atoms with Crippen LogP contribution in [-0.4, -0.2) is 75.2 Å². The normalized spacial score (nSPS) is 11.4. The van der Waals surface area contributed by atoms with Crippen molar-refractivity contribution in [2.75, 3.05) is 26.4 Å². The second-order valence-corrected chi connectivity index (χ2v) is 12.9. The summed E-state index contributed by atoms with van der Waals surface area (Å²) in [6.07, 6.45) is 11.8. The molecular formula is C40H36N4O12S2. The first-order valence-electron chi connectivity index (χ1n) is 17.6. The molecule has 0 bridgehead atoms. The zero-order valence-corrected chi connectivity index (χ0v) is 33.2. The number of rotatable bonds is 16. The van der Waals surface area contributed by atoms with Crippen molar-refractivity contribution >= 4 is 91.4 Å². The molecule has 0 saturated heterocycles. The SMILES string of the molecule is CCOC(=O)c1c(/N=C/c2ccco2)sc(/N=C/c2ccco2)c1C(=O)OCC.CCOC(=O)c1c(/N=C/c2ccco2)sc(/N=C/c2ccco2)c1C(=O)OCC. The highest BCUT2D eigenvalue weighted by Gasteiger charge is 2.31. The molecule has 6 rings (SSSR count). The number of thiophene rings is 2. The standard InChI is InChI=1S/2C20H18N2O6S/c2*1-3-25-19(23)15-16(20(24)26-4-2)18(22-12-14-8-6-10-28-14)29-17(15)21-11-13-7-5-9-27-13/h2*5-12H,3-4H2,1-2H3/b2*21-11+,22-12+. The van der Waals surface area contributed by atoms with Crippen molar-refractivity contribution < 1.29 is 55.8 Å². The molecule has 0 aromatic carbocycles. The Morgan fingerprint density at radius 3 is 0.845 bits per heavy atom. The maximum absolute atomic E-state index is 12.6. The van der Waals surface area contributed by atoms with Crippen LogP contribution < -0.4 is 0 Å². The lowest BCUT2D eigenvalue weighted by atomic mass is 10.1. The zero-order chi connectivity index (χ0) is 41.3. The quantitative estimate of drug-likeness (QED) is 0.0508. The van der Waals surface area contributed by atoms with Crippen LogP contribution >= 0.6 is 22.7 Å². The van der Waals surface area contributed by atoms with Crippen LogP contribution in [0.5, 0.6) is 0 Å². The molecule has 0 aliphatic heterocycles. The van der Waals surface area contributed by atoms with Gasteiger partial charge in [-0.05, 0) is 76.2 Å². The van der Waals surface area contributed by atoms with E-state index in [1.807, 2.05) is 0 Å². The molecular weight excluding hydrogens is 793 g/mol. The summed E-state index contributed by atoms with van der Waals surface area (Å²) in [5.41, 5.74) is 0.0174. The predicted octanol–water partition coefficient (Wildman–Crippen LogP) is 9.58. The fourth-order valence-electron chi connectivity index (χ4n) is 4.70. The van der Waals surface area contributed by atoms with Gasteiger partial charge in [-0.25, -0.2) is 39.1 Å². The summed E-state index contributed by atoms with van der Waals surface area (Å²) in [5, 5.41) is 1.04. The number of carbonyl (C=O) groups is 4. The molecule has 6 aromatic heterocycles. The number of aliphatic imine (C=N–C) groups is 4. The van der Waals surface area contributed by atoms with E-state index in [0.717, 1.165) is 22.7 Å². The minimum atomic E-state index is -0.683. The van der Waals surface area contributed by atoms with E-state index in [1.165, 1.54) is 49.9 Å². The van der Waals surface area contributed by atoms with Crippen LogP contribution in [0.2, 0.25) is 0 Å². The molecule has 0 saturated carbocycles. The number of nitrogens with zero attached hydrogens (tertiary/aromatic N) is 4. The van der Waals surface area contributed by atoms with E-state index in [9.17, 15) is 19.2 Å². The van der Waals surface area contributed by atoms with Gasteiger partial charge < -0.3 is 36.6 Å². The van der Waals surface area contributed by atoms with Gasteiger partial charge in [-0.3, -0.25) is 0 Å². The number of furan rings is 4. The first-order chi connectivity index (χ1) is 28.3. The van der Waals surface area contributed by atoms with Crippen molar-refractivity contribution in [1.29, 1.82) is 0 Å². The molecule has 0 spiro atoms. The highest BCUT2D eigenvalue weighted by atomic mass is 32.1. The van der Waals surface area contributed by atoms with Gasteiger partial charge in [-0.1, -0.05) is 22.7 Å². The van der Waals surface area contributed by atoms with Crippen LogP contribution in [0, 0.1) is 0 Å². The molecule has 0 fully saturated rings. The molecule has 6 heterocycles. The Morgan fingerprint density at radius 2 is 0.672 bits per heavy atom. The van der Waals surface area contributed by atoms with Crippen molar-refractivity contribution in [3.8, 4) is 0 Å². The van der Waals surface area contributed by atoms with E-state index < -0.39 is 23.9 Å². The van der Waals surface area contributed by atoms with E-state index in [1.54, 1.807) is 76.2 Å². The highest BCUT2D eigenvalue weighted by Crippen LogP contribution is 2.44. The van der Waals surface area contributed by atoms with Gasteiger partial charge in [0.2, 0.25) is 0 Å². The molecule has 0 amide bonds. The Hall–Kier alpha value is -6.92. The Morgan fingerprint density at radius 1 is 0.448 bits per heavy atom. The van der Waals surface area contributed by atoms with Gasteiger partial charge >= 0.3 is 23.9 Å². The lowest BCUT2D eigenvalue weighted by molar-refractivity contribution is 0.0481. The van der Waals surface area contributed by atoms with Crippen LogP contribution in [0.1, 0.15) is 92.2 Å². The van der Waals surface area contributed by atoms with Crippen LogP contribution in [0.4, 0.5) is 20.0 Å². The fraction of sp³-hybridized carbons (Fsp3) is 0.200. The van der Waals surface area contributed by atoms with Crippen LogP contribution in [0.25, 0.3) is 0 Å². The van der Waals surface area contributed by atoms with Crippen molar-refractivity contribution in [2.45, 2.75) is 27.7 Å². The minimum absolute atomic E-state index is 0.00435. The molecule has 0 N–H and O–H groups in total. The summed E-state index contributed by atoms with van der Waals surface area (Å²) < 4.78 is 41.4. The molecule has 0 aliphatic rings. The molecule has 0 unspecified atom stereocenters. The lowest BCUT2D eigenvalue weighted by Crippen LogP contribution is -2.12. The monoisotopic (exact) mass is 828 g/mol. The Balaban J connectivity index is 0.000000221. The molecule has 16 nitrogen and oxygen atoms in total. The van der Waals surface area contributed by atoms with Gasteiger partial charge in [0.05, 0.1) is 76.3 Å². The van der Waals surface area contributed by atoms with E-state index >= 15 is 0 Å². The summed E-state index contributed by atoms with van der Waals surface area (Å²) in [6.45, 7) is 7.28. The minimum Gasteiger partial charge on any atom is -0.463 e. The summed E-state index contributed by atoms with van der Waals surface area (Å²) in [7, 11) is 0. The van der Waals surface area contributed by atoms with Crippen molar-refractivity contribution in [3.63, 3.8) is 0 Å². The number of carbonyl (C=O) groups excluding carboxylic acids is 4. The van der Waals surface area contributed by atoms with E-state index in [-0.39, 0.29) is 68.7 Å². The lowest BCUT2D eigenvalue weighted by Gasteiger charge is -2.05. The first kappa shape index (κ1) is 42.2. The van der Waals surface area contributed by atoms with E-state index in [4.69, 9.17) is 36.6 Å². The fourth-order valence-corrected chi connectivity index (χ4v) is 6.63. The second kappa shape index (κ2) is 21.4.